The minimum Gasteiger partial charge on any atom is -0.313 e. The van der Waals surface area contributed by atoms with Crippen molar-refractivity contribution in [1.82, 2.24) is 4.57 Å². The van der Waals surface area contributed by atoms with Gasteiger partial charge < -0.3 is 4.57 Å². The summed E-state index contributed by atoms with van der Waals surface area (Å²) in [6, 6.07) is 27.7. The summed E-state index contributed by atoms with van der Waals surface area (Å²) in [6.45, 7) is 2.17. The maximum Gasteiger partial charge on any atom is 0.0537 e. The van der Waals surface area contributed by atoms with Gasteiger partial charge in [-0.2, -0.15) is 0 Å². The number of hydrogen-bond donors (Lipinski definition) is 0. The van der Waals surface area contributed by atoms with E-state index in [1.54, 1.807) is 0 Å². The molecule has 0 aliphatic carbocycles. The van der Waals surface area contributed by atoms with Gasteiger partial charge in [-0.3, -0.25) is 0 Å². The van der Waals surface area contributed by atoms with E-state index in [-0.39, 0.29) is 0 Å². The zero-order valence-corrected chi connectivity index (χ0v) is 12.5. The lowest BCUT2D eigenvalue weighted by molar-refractivity contribution is 1.21. The molecule has 1 heterocycles. The standard InChI is InChI=1S/C21H17N/c1-16(15-17-9-3-2-4-10-17)22-20-13-7-5-11-18(20)19-12-6-8-14-21(19)22/h2-15H,1H3. The molecule has 0 N–H and O–H groups in total. The molecule has 3 aromatic carbocycles. The summed E-state index contributed by atoms with van der Waals surface area (Å²) < 4.78 is 2.34. The Morgan fingerprint density at radius 2 is 1.18 bits per heavy atom. The fourth-order valence-corrected chi connectivity index (χ4v) is 3.16. The molecule has 0 bridgehead atoms. The second-order valence-corrected chi connectivity index (χ2v) is 5.57. The van der Waals surface area contributed by atoms with Crippen molar-refractivity contribution in [1.29, 1.82) is 0 Å². The van der Waals surface area contributed by atoms with Crippen molar-refractivity contribution in [3.05, 3.63) is 84.4 Å². The second kappa shape index (κ2) is 5.19. The highest BCUT2D eigenvalue weighted by Crippen LogP contribution is 2.31. The Balaban J connectivity index is 2.02. The number of fused-ring (bicyclic) bond motifs is 3. The molecule has 0 aliphatic rings. The van der Waals surface area contributed by atoms with Gasteiger partial charge in [0.05, 0.1) is 11.0 Å². The molecule has 0 radical (unpaired) electrons. The molecule has 22 heavy (non-hydrogen) atoms. The first-order chi connectivity index (χ1) is 10.8. The van der Waals surface area contributed by atoms with E-state index in [1.807, 2.05) is 6.07 Å². The summed E-state index contributed by atoms with van der Waals surface area (Å²) in [5.41, 5.74) is 4.97. The molecular formula is C21H17N. The van der Waals surface area contributed by atoms with Crippen molar-refractivity contribution < 1.29 is 0 Å². The van der Waals surface area contributed by atoms with Crippen LogP contribution < -0.4 is 0 Å². The van der Waals surface area contributed by atoms with E-state index in [0.717, 1.165) is 0 Å². The second-order valence-electron chi connectivity index (χ2n) is 5.57. The van der Waals surface area contributed by atoms with Crippen LogP contribution in [0.25, 0.3) is 33.6 Å². The summed E-state index contributed by atoms with van der Waals surface area (Å²) in [7, 11) is 0. The molecule has 1 nitrogen and oxygen atoms in total. The first kappa shape index (κ1) is 12.9. The van der Waals surface area contributed by atoms with Crippen LogP contribution >= 0.6 is 0 Å². The highest BCUT2D eigenvalue weighted by Gasteiger charge is 2.10. The minimum atomic E-state index is 1.22. The van der Waals surface area contributed by atoms with Crippen LogP contribution in [0.3, 0.4) is 0 Å². The molecule has 0 amide bonds. The Kier molecular flexibility index (Phi) is 3.05. The maximum atomic E-state index is 2.34. The number of para-hydroxylation sites is 2. The van der Waals surface area contributed by atoms with Gasteiger partial charge in [0.1, 0.15) is 0 Å². The van der Waals surface area contributed by atoms with Crippen LogP contribution in [0.5, 0.6) is 0 Å². The summed E-state index contributed by atoms with van der Waals surface area (Å²) >= 11 is 0. The first-order valence-electron chi connectivity index (χ1n) is 7.56. The lowest BCUT2D eigenvalue weighted by atomic mass is 10.2. The van der Waals surface area contributed by atoms with Crippen LogP contribution in [0.15, 0.2) is 78.9 Å². The Hall–Kier alpha value is -2.80. The molecule has 0 unspecified atom stereocenters. The van der Waals surface area contributed by atoms with Crippen LogP contribution in [0.1, 0.15) is 12.5 Å². The Labute approximate surface area is 130 Å². The average Bonchev–Trinajstić information content (AvgIpc) is 2.90. The average molecular weight is 283 g/mol. The fourth-order valence-electron chi connectivity index (χ4n) is 3.16. The molecule has 4 aromatic rings. The van der Waals surface area contributed by atoms with E-state index < -0.39 is 0 Å². The highest BCUT2D eigenvalue weighted by molar-refractivity contribution is 6.10. The fraction of sp³-hybridized carbons (Fsp3) is 0.0476. The smallest absolute Gasteiger partial charge is 0.0537 e. The molecular weight excluding hydrogens is 266 g/mol. The number of benzene rings is 3. The van der Waals surface area contributed by atoms with Gasteiger partial charge in [0.25, 0.3) is 0 Å². The molecule has 0 atom stereocenters. The zero-order valence-electron chi connectivity index (χ0n) is 12.5. The topological polar surface area (TPSA) is 4.93 Å². The van der Waals surface area contributed by atoms with Gasteiger partial charge in [-0.05, 0) is 30.7 Å². The van der Waals surface area contributed by atoms with Gasteiger partial charge >= 0.3 is 0 Å². The Morgan fingerprint density at radius 3 is 1.77 bits per heavy atom. The molecule has 4 rings (SSSR count). The van der Waals surface area contributed by atoms with Gasteiger partial charge in [-0.1, -0.05) is 66.7 Å². The minimum absolute atomic E-state index is 1.22. The maximum absolute atomic E-state index is 2.34. The van der Waals surface area contributed by atoms with E-state index in [9.17, 15) is 0 Å². The molecule has 0 spiro atoms. The summed E-state index contributed by atoms with van der Waals surface area (Å²) in [6.07, 6.45) is 2.24. The molecule has 0 fully saturated rings. The van der Waals surface area contributed by atoms with Gasteiger partial charge in [-0.25, -0.2) is 0 Å². The van der Waals surface area contributed by atoms with Crippen LogP contribution in [0.4, 0.5) is 0 Å². The number of aromatic nitrogens is 1. The van der Waals surface area contributed by atoms with Crippen molar-refractivity contribution in [3.63, 3.8) is 0 Å². The lowest BCUT2D eigenvalue weighted by Gasteiger charge is -2.08. The van der Waals surface area contributed by atoms with Gasteiger partial charge in [0.2, 0.25) is 0 Å². The SMILES string of the molecule is CC(=Cc1ccccc1)n1c2ccccc2c2ccccc21. The third kappa shape index (κ3) is 2.03. The van der Waals surface area contributed by atoms with Crippen LogP contribution in [-0.2, 0) is 0 Å². The number of allylic oxidation sites excluding steroid dienone is 1. The Morgan fingerprint density at radius 1 is 0.682 bits per heavy atom. The van der Waals surface area contributed by atoms with E-state index in [4.69, 9.17) is 0 Å². The summed E-state index contributed by atoms with van der Waals surface area (Å²) in [5.74, 6) is 0. The molecule has 0 aliphatic heterocycles. The predicted molar refractivity (Wildman–Crippen MR) is 95.7 cm³/mol. The summed E-state index contributed by atoms with van der Waals surface area (Å²) in [5, 5.41) is 2.61. The zero-order chi connectivity index (χ0) is 14.9. The lowest BCUT2D eigenvalue weighted by Crippen LogP contribution is -1.92. The number of rotatable bonds is 2. The van der Waals surface area contributed by atoms with Crippen LogP contribution in [-0.4, -0.2) is 4.57 Å². The third-order valence-corrected chi connectivity index (χ3v) is 4.11. The highest BCUT2D eigenvalue weighted by atomic mass is 15.0. The van der Waals surface area contributed by atoms with Gasteiger partial charge in [-0.15, -0.1) is 0 Å². The number of hydrogen-bond acceptors (Lipinski definition) is 0. The molecule has 1 heteroatoms. The van der Waals surface area contributed by atoms with E-state index >= 15 is 0 Å². The first-order valence-corrected chi connectivity index (χ1v) is 7.56. The van der Waals surface area contributed by atoms with Crippen molar-refractivity contribution >= 4 is 33.6 Å². The quantitative estimate of drug-likeness (QED) is 0.437. The largest absolute Gasteiger partial charge is 0.313 e. The van der Waals surface area contributed by atoms with Gasteiger partial charge in [0.15, 0.2) is 0 Å². The normalized spacial score (nSPS) is 12.1. The monoisotopic (exact) mass is 283 g/mol. The van der Waals surface area contributed by atoms with E-state index in [1.165, 1.54) is 33.1 Å². The third-order valence-electron chi connectivity index (χ3n) is 4.11. The van der Waals surface area contributed by atoms with Crippen LogP contribution in [0.2, 0.25) is 0 Å². The van der Waals surface area contributed by atoms with Crippen molar-refractivity contribution in [2.75, 3.05) is 0 Å². The van der Waals surface area contributed by atoms with Gasteiger partial charge in [0, 0.05) is 16.5 Å². The van der Waals surface area contributed by atoms with Crippen molar-refractivity contribution in [3.8, 4) is 0 Å². The van der Waals surface area contributed by atoms with Crippen molar-refractivity contribution in [2.24, 2.45) is 0 Å². The van der Waals surface area contributed by atoms with E-state index in [0.29, 0.717) is 0 Å². The summed E-state index contributed by atoms with van der Waals surface area (Å²) in [4.78, 5) is 0. The van der Waals surface area contributed by atoms with E-state index in [2.05, 4.69) is 90.4 Å². The Bertz CT molecular complexity index is 921. The molecule has 1 aromatic heterocycles. The molecule has 106 valence electrons. The molecule has 0 saturated heterocycles. The van der Waals surface area contributed by atoms with Crippen LogP contribution in [0, 0.1) is 0 Å². The van der Waals surface area contributed by atoms with Crippen molar-refractivity contribution in [2.45, 2.75) is 6.92 Å². The predicted octanol–water partition coefficient (Wildman–Crippen LogP) is 5.81. The number of nitrogens with zero attached hydrogens (tertiary/aromatic N) is 1. The molecule has 0 saturated carbocycles.